The number of likely N-dealkylation sites (tertiary alicyclic amines) is 1. The van der Waals surface area contributed by atoms with Crippen LogP contribution in [0.3, 0.4) is 0 Å². The van der Waals surface area contributed by atoms with Gasteiger partial charge in [0, 0.05) is 24.2 Å². The van der Waals surface area contributed by atoms with E-state index in [-0.39, 0.29) is 24.4 Å². The predicted molar refractivity (Wildman–Crippen MR) is 83.2 cm³/mol. The van der Waals surface area contributed by atoms with E-state index < -0.39 is 0 Å². The number of hydrogen-bond acceptors (Lipinski definition) is 2. The molecule has 0 bridgehead atoms. The lowest BCUT2D eigenvalue weighted by Crippen LogP contribution is -2.34. The van der Waals surface area contributed by atoms with Crippen molar-refractivity contribution in [2.24, 2.45) is 17.6 Å². The van der Waals surface area contributed by atoms with Crippen molar-refractivity contribution in [1.82, 2.24) is 4.90 Å². The van der Waals surface area contributed by atoms with Crippen molar-refractivity contribution < 1.29 is 4.79 Å². The highest BCUT2D eigenvalue weighted by Gasteiger charge is 2.42. The third-order valence-electron chi connectivity index (χ3n) is 4.51. The lowest BCUT2D eigenvalue weighted by atomic mass is 9.98. The number of nitrogens with zero attached hydrogens (tertiary/aromatic N) is 1. The standard InChI is InChI=1S/C15H19ClN2O.ClH/c16-12-3-1-2-10(6-12)7-15(19)18-8-11-4-5-14(17)13(11)9-18;/h1-3,6,11,13-14H,4-5,7-9,17H2;1H. The van der Waals surface area contributed by atoms with Gasteiger partial charge in [-0.05, 0) is 42.4 Å². The monoisotopic (exact) mass is 314 g/mol. The van der Waals surface area contributed by atoms with E-state index in [1.807, 2.05) is 29.2 Å². The second-order valence-electron chi connectivity index (χ2n) is 5.77. The number of fused-ring (bicyclic) bond motifs is 1. The van der Waals surface area contributed by atoms with Gasteiger partial charge >= 0.3 is 0 Å². The first-order valence-corrected chi connectivity index (χ1v) is 7.29. The number of amides is 1. The average molecular weight is 315 g/mol. The molecule has 1 aromatic carbocycles. The molecule has 1 aliphatic heterocycles. The van der Waals surface area contributed by atoms with Crippen LogP contribution in [0.1, 0.15) is 18.4 Å². The topological polar surface area (TPSA) is 46.3 Å². The first-order chi connectivity index (χ1) is 9.13. The normalized spacial score (nSPS) is 28.1. The highest BCUT2D eigenvalue weighted by atomic mass is 35.5. The van der Waals surface area contributed by atoms with Gasteiger partial charge in [-0.3, -0.25) is 4.79 Å². The summed E-state index contributed by atoms with van der Waals surface area (Å²) in [6, 6.07) is 7.82. The summed E-state index contributed by atoms with van der Waals surface area (Å²) < 4.78 is 0. The molecule has 2 fully saturated rings. The molecule has 3 rings (SSSR count). The Kier molecular flexibility index (Phi) is 4.95. The molecule has 2 aliphatic rings. The number of carbonyl (C=O) groups is 1. The van der Waals surface area contributed by atoms with Gasteiger partial charge in [-0.1, -0.05) is 23.7 Å². The highest BCUT2D eigenvalue weighted by molar-refractivity contribution is 6.30. The van der Waals surface area contributed by atoms with Crippen LogP contribution < -0.4 is 5.73 Å². The molecule has 2 N–H and O–H groups in total. The van der Waals surface area contributed by atoms with E-state index in [2.05, 4.69) is 0 Å². The van der Waals surface area contributed by atoms with Crippen LogP contribution in [-0.2, 0) is 11.2 Å². The van der Waals surface area contributed by atoms with Gasteiger partial charge in [-0.25, -0.2) is 0 Å². The van der Waals surface area contributed by atoms with E-state index >= 15 is 0 Å². The summed E-state index contributed by atoms with van der Waals surface area (Å²) in [5, 5.41) is 0.686. The van der Waals surface area contributed by atoms with Crippen molar-refractivity contribution in [3.8, 4) is 0 Å². The summed E-state index contributed by atoms with van der Waals surface area (Å²) >= 11 is 5.94. The molecule has 1 saturated heterocycles. The third-order valence-corrected chi connectivity index (χ3v) is 4.74. The van der Waals surface area contributed by atoms with Crippen molar-refractivity contribution in [2.75, 3.05) is 13.1 Å². The van der Waals surface area contributed by atoms with E-state index in [1.54, 1.807) is 0 Å². The molecule has 3 nitrogen and oxygen atoms in total. The Labute approximate surface area is 130 Å². The minimum absolute atomic E-state index is 0. The van der Waals surface area contributed by atoms with Crippen LogP contribution in [-0.4, -0.2) is 29.9 Å². The summed E-state index contributed by atoms with van der Waals surface area (Å²) in [6.45, 7) is 1.73. The Morgan fingerprint density at radius 1 is 1.35 bits per heavy atom. The number of carbonyl (C=O) groups excluding carboxylic acids is 1. The minimum atomic E-state index is 0. The van der Waals surface area contributed by atoms with E-state index in [0.29, 0.717) is 23.3 Å². The number of rotatable bonds is 2. The second kappa shape index (κ2) is 6.33. The molecule has 0 aromatic heterocycles. The van der Waals surface area contributed by atoms with Crippen molar-refractivity contribution >= 4 is 29.9 Å². The Morgan fingerprint density at radius 3 is 2.85 bits per heavy atom. The van der Waals surface area contributed by atoms with E-state index in [9.17, 15) is 4.79 Å². The highest BCUT2D eigenvalue weighted by Crippen LogP contribution is 2.37. The quantitative estimate of drug-likeness (QED) is 0.911. The van der Waals surface area contributed by atoms with Crippen LogP contribution in [0.25, 0.3) is 0 Å². The predicted octanol–water partition coefficient (Wildman–Crippen LogP) is 2.50. The van der Waals surface area contributed by atoms with Gasteiger partial charge in [0.15, 0.2) is 0 Å². The second-order valence-corrected chi connectivity index (χ2v) is 6.21. The zero-order valence-corrected chi connectivity index (χ0v) is 12.9. The van der Waals surface area contributed by atoms with Crippen LogP contribution in [0.15, 0.2) is 24.3 Å². The van der Waals surface area contributed by atoms with E-state index in [1.165, 1.54) is 6.42 Å². The van der Waals surface area contributed by atoms with Crippen LogP contribution in [0, 0.1) is 11.8 Å². The van der Waals surface area contributed by atoms with Gasteiger partial charge in [0.25, 0.3) is 0 Å². The smallest absolute Gasteiger partial charge is 0.227 e. The number of halogens is 2. The molecule has 1 aromatic rings. The van der Waals surface area contributed by atoms with Gasteiger partial charge in [0.2, 0.25) is 5.91 Å². The maximum atomic E-state index is 12.3. The number of hydrogen-bond donors (Lipinski definition) is 1. The van der Waals surface area contributed by atoms with Gasteiger partial charge < -0.3 is 10.6 Å². The Bertz CT molecular complexity index is 495. The third kappa shape index (κ3) is 3.11. The van der Waals surface area contributed by atoms with Crippen molar-refractivity contribution in [1.29, 1.82) is 0 Å². The Hall–Kier alpha value is -0.770. The average Bonchev–Trinajstić information content (AvgIpc) is 2.92. The number of benzene rings is 1. The lowest BCUT2D eigenvalue weighted by Gasteiger charge is -2.18. The molecule has 3 unspecified atom stereocenters. The minimum Gasteiger partial charge on any atom is -0.342 e. The zero-order valence-electron chi connectivity index (χ0n) is 11.3. The summed E-state index contributed by atoms with van der Waals surface area (Å²) in [5.74, 6) is 1.34. The molecule has 0 radical (unpaired) electrons. The SMILES string of the molecule is Cl.NC1CCC2CN(C(=O)Cc3cccc(Cl)c3)CC12. The van der Waals surface area contributed by atoms with Crippen LogP contribution in [0.2, 0.25) is 5.02 Å². The Morgan fingerprint density at radius 2 is 2.15 bits per heavy atom. The first-order valence-electron chi connectivity index (χ1n) is 6.91. The molecule has 5 heteroatoms. The molecule has 1 amide bonds. The maximum Gasteiger partial charge on any atom is 0.227 e. The van der Waals surface area contributed by atoms with Gasteiger partial charge in [-0.2, -0.15) is 0 Å². The van der Waals surface area contributed by atoms with Gasteiger partial charge in [-0.15, -0.1) is 12.4 Å². The van der Waals surface area contributed by atoms with Crippen LogP contribution >= 0.6 is 24.0 Å². The lowest BCUT2D eigenvalue weighted by molar-refractivity contribution is -0.129. The molecule has 110 valence electrons. The maximum absolute atomic E-state index is 12.3. The van der Waals surface area contributed by atoms with Crippen molar-refractivity contribution in [3.05, 3.63) is 34.9 Å². The van der Waals surface area contributed by atoms with E-state index in [4.69, 9.17) is 17.3 Å². The fourth-order valence-corrected chi connectivity index (χ4v) is 3.66. The van der Waals surface area contributed by atoms with Crippen molar-refractivity contribution in [3.63, 3.8) is 0 Å². The molecule has 3 atom stereocenters. The largest absolute Gasteiger partial charge is 0.342 e. The first kappa shape index (κ1) is 15.6. The Balaban J connectivity index is 0.00000147. The molecule has 1 saturated carbocycles. The summed E-state index contributed by atoms with van der Waals surface area (Å²) in [5.41, 5.74) is 7.08. The van der Waals surface area contributed by atoms with Crippen LogP contribution in [0.5, 0.6) is 0 Å². The summed E-state index contributed by atoms with van der Waals surface area (Å²) in [7, 11) is 0. The van der Waals surface area contributed by atoms with Gasteiger partial charge in [0.1, 0.15) is 0 Å². The zero-order chi connectivity index (χ0) is 13.4. The molecule has 1 aliphatic carbocycles. The molecule has 1 heterocycles. The van der Waals surface area contributed by atoms with E-state index in [0.717, 1.165) is 25.1 Å². The molecule has 20 heavy (non-hydrogen) atoms. The van der Waals surface area contributed by atoms with Gasteiger partial charge in [0.05, 0.1) is 6.42 Å². The summed E-state index contributed by atoms with van der Waals surface area (Å²) in [6.07, 6.45) is 2.73. The summed E-state index contributed by atoms with van der Waals surface area (Å²) in [4.78, 5) is 14.3. The fourth-order valence-electron chi connectivity index (χ4n) is 3.44. The molecule has 0 spiro atoms. The van der Waals surface area contributed by atoms with Crippen LogP contribution in [0.4, 0.5) is 0 Å². The fraction of sp³-hybridized carbons (Fsp3) is 0.533. The van der Waals surface area contributed by atoms with Crippen molar-refractivity contribution in [2.45, 2.75) is 25.3 Å². The number of nitrogens with two attached hydrogens (primary N) is 1. The molecular formula is C15H20Cl2N2O. The molecular weight excluding hydrogens is 295 g/mol.